The number of piperidine rings is 1. The molecule has 98 heavy (non-hydrogen) atoms. The summed E-state index contributed by atoms with van der Waals surface area (Å²) in [6, 6.07) is -5.65. The van der Waals surface area contributed by atoms with Crippen LogP contribution in [0.2, 0.25) is 5.02 Å². The number of likely N-dealkylation sites (tertiary alicyclic amines) is 1. The molecular formula is C68H102ClF5N12O12. The van der Waals surface area contributed by atoms with Crippen molar-refractivity contribution in [1.29, 1.82) is 0 Å². The summed E-state index contributed by atoms with van der Waals surface area (Å²) < 4.78 is 69.4. The third kappa shape index (κ3) is 20.7. The molecule has 0 saturated carbocycles. The zero-order valence-corrected chi connectivity index (χ0v) is 59.7. The molecular weight excluding hydrogens is 1310 g/mol. The molecule has 11 amide bonds. The number of carbonyl (C=O) groups is 12. The standard InChI is InChI=1S/C68H102ClF5N12O12/c1-14-43(6)57-65(97)79(9)44(7)61(93)86-34-28-50(86)63(95)83(13)67(40-87,29-27-53(70)71)39-78(8)38-54(88)76-48(26-24-45-23-25-46(47(69)36-45)68(72,73)74)62(94)85-33-20-21-49(85)59(91)75-30-17-16-22-55(89)82(12)58(42(4)5)66(98)81(11)52(64(96)84-31-18-15-19-32-84)37-56(90)80(10)51(35-41(2)3)60(92)77-57/h23,25-26,36,40-44,49-53,57-58H,14-22,24,27-35,37-39H2,1-13H3,(H,75,91)(H,76,88)(H,77,92)/b48-26+/t43?,44-,49-,50-,51-,52-,57-,58-,67-/m0/s1. The van der Waals surface area contributed by atoms with Crippen LogP contribution in [-0.4, -0.2) is 258 Å². The Balaban J connectivity index is 1.55. The molecule has 30 heteroatoms. The zero-order chi connectivity index (χ0) is 73.4. The molecule has 4 aliphatic heterocycles. The summed E-state index contributed by atoms with van der Waals surface area (Å²) in [5.74, 6) is -8.73. The highest BCUT2D eigenvalue weighted by Crippen LogP contribution is 2.36. The lowest BCUT2D eigenvalue weighted by atomic mass is 9.90. The van der Waals surface area contributed by atoms with Gasteiger partial charge in [-0.3, -0.25) is 57.6 Å². The number of carbonyl (C=O) groups excluding carboxylic acids is 12. The van der Waals surface area contributed by atoms with Crippen molar-refractivity contribution < 1.29 is 79.5 Å². The van der Waals surface area contributed by atoms with Gasteiger partial charge in [0.1, 0.15) is 59.8 Å². The summed E-state index contributed by atoms with van der Waals surface area (Å²) in [6.07, 6.45) is -4.84. The molecule has 4 aliphatic rings. The van der Waals surface area contributed by atoms with Crippen LogP contribution in [0.15, 0.2) is 30.0 Å². The lowest BCUT2D eigenvalue weighted by molar-refractivity contribution is -0.161. The maximum atomic E-state index is 14.9. The Kier molecular flexibility index (Phi) is 30.0. The van der Waals surface area contributed by atoms with Crippen molar-refractivity contribution in [2.45, 2.75) is 205 Å². The molecule has 0 spiro atoms. The topological polar surface area (TPSA) is 270 Å². The maximum absolute atomic E-state index is 14.9. The van der Waals surface area contributed by atoms with Crippen LogP contribution in [0, 0.1) is 17.8 Å². The monoisotopic (exact) mass is 1410 g/mol. The van der Waals surface area contributed by atoms with Crippen molar-refractivity contribution in [1.82, 2.24) is 60.0 Å². The van der Waals surface area contributed by atoms with E-state index in [9.17, 15) is 79.5 Å². The van der Waals surface area contributed by atoms with E-state index in [-0.39, 0.29) is 76.1 Å². The molecule has 5 rings (SSSR count). The molecule has 24 nitrogen and oxygen atoms in total. The van der Waals surface area contributed by atoms with E-state index in [0.29, 0.717) is 45.1 Å². The van der Waals surface area contributed by atoms with E-state index in [1.54, 1.807) is 32.6 Å². The summed E-state index contributed by atoms with van der Waals surface area (Å²) in [4.78, 5) is 184. The first-order valence-electron chi connectivity index (χ1n) is 34.0. The Labute approximate surface area is 577 Å². The van der Waals surface area contributed by atoms with Crippen LogP contribution in [0.4, 0.5) is 22.0 Å². The molecule has 4 fully saturated rings. The third-order valence-electron chi connectivity index (χ3n) is 19.6. The number of rotatable bonds is 12. The van der Waals surface area contributed by atoms with E-state index in [4.69, 9.17) is 11.6 Å². The predicted molar refractivity (Wildman–Crippen MR) is 355 cm³/mol. The average Bonchev–Trinajstić information content (AvgIpc) is 0.903. The predicted octanol–water partition coefficient (Wildman–Crippen LogP) is 5.13. The van der Waals surface area contributed by atoms with Gasteiger partial charge < -0.3 is 59.9 Å². The van der Waals surface area contributed by atoms with Crippen molar-refractivity contribution in [3.8, 4) is 0 Å². The summed E-state index contributed by atoms with van der Waals surface area (Å²) in [5, 5.41) is 7.59. The first kappa shape index (κ1) is 81.4. The number of nitrogens with zero attached hydrogens (tertiary/aromatic N) is 9. The van der Waals surface area contributed by atoms with Crippen LogP contribution in [0.1, 0.15) is 149 Å². The minimum absolute atomic E-state index is 0.0101. The Morgan fingerprint density at radius 1 is 0.745 bits per heavy atom. The van der Waals surface area contributed by atoms with Gasteiger partial charge in [-0.2, -0.15) is 13.2 Å². The summed E-state index contributed by atoms with van der Waals surface area (Å²) >= 11 is 6.04. The number of amides is 11. The van der Waals surface area contributed by atoms with E-state index in [1.807, 2.05) is 13.8 Å². The van der Waals surface area contributed by atoms with Gasteiger partial charge in [-0.25, -0.2) is 8.78 Å². The smallest absolute Gasteiger partial charge is 0.354 e. The Morgan fingerprint density at radius 2 is 1.41 bits per heavy atom. The molecule has 1 aromatic rings. The number of fused-ring (bicyclic) bond motifs is 2. The highest BCUT2D eigenvalue weighted by Gasteiger charge is 2.49. The van der Waals surface area contributed by atoms with Gasteiger partial charge in [0.2, 0.25) is 65.5 Å². The average molecular weight is 1410 g/mol. The second-order valence-electron chi connectivity index (χ2n) is 27.5. The van der Waals surface area contributed by atoms with Gasteiger partial charge in [0.25, 0.3) is 5.91 Å². The van der Waals surface area contributed by atoms with Gasteiger partial charge in [-0.1, -0.05) is 71.7 Å². The van der Waals surface area contributed by atoms with Crippen LogP contribution in [0.5, 0.6) is 0 Å². The van der Waals surface area contributed by atoms with E-state index in [1.165, 1.54) is 84.7 Å². The first-order valence-corrected chi connectivity index (χ1v) is 34.4. The number of aldehydes is 1. The number of likely N-dealkylation sites (N-methyl/N-ethyl adjacent to an activating group) is 6. The third-order valence-corrected chi connectivity index (χ3v) is 19.9. The van der Waals surface area contributed by atoms with Gasteiger partial charge >= 0.3 is 6.18 Å². The number of allylic oxidation sites excluding steroid dienone is 1. The molecule has 1 aromatic carbocycles. The van der Waals surface area contributed by atoms with Crippen molar-refractivity contribution in [2.75, 3.05) is 88.1 Å². The summed E-state index contributed by atoms with van der Waals surface area (Å²) in [6.45, 7) is 11.7. The quantitative estimate of drug-likeness (QED) is 0.139. The molecule has 548 valence electrons. The number of benzene rings is 1. The molecule has 1 unspecified atom stereocenters. The number of alkyl halides is 5. The minimum atomic E-state index is -4.79. The SMILES string of the molecule is CCC(C)[C@@H]1NC(=O)[C@H](CC(C)C)N(C)C(=O)C[C@@H](C(=O)N2CCCCC2)N(C)C(=O)[C@H](C(C)C)N(C)C(=O)CCCCNC(=O)[C@@H]2CCCN2C(=O)/C(=C\Cc2ccc(C(F)(F)F)c(Cl)c2)NC(=O)CN(C)C[C@](C=O)(CCC(F)F)N(C)C(=O)[C@@H]2CCN2C(=O)[C@H](C)N(C)C1=O. The number of hydrogen-bond acceptors (Lipinski definition) is 13. The largest absolute Gasteiger partial charge is 0.417 e. The van der Waals surface area contributed by atoms with E-state index >= 15 is 0 Å². The van der Waals surface area contributed by atoms with Gasteiger partial charge in [-0.05, 0) is 120 Å². The second-order valence-corrected chi connectivity index (χ2v) is 27.9. The van der Waals surface area contributed by atoms with E-state index < -0.39 is 186 Å². The van der Waals surface area contributed by atoms with Crippen LogP contribution in [0.25, 0.3) is 0 Å². The van der Waals surface area contributed by atoms with Crippen LogP contribution in [-0.2, 0) is 70.1 Å². The Bertz CT molecular complexity index is 3080. The fourth-order valence-corrected chi connectivity index (χ4v) is 13.4. The summed E-state index contributed by atoms with van der Waals surface area (Å²) in [5.41, 5.74) is -3.38. The normalized spacial score (nSPS) is 26.8. The molecule has 3 N–H and O–H groups in total. The minimum Gasteiger partial charge on any atom is -0.354 e. The Hall–Kier alpha value is -7.30. The Morgan fingerprint density at radius 3 is 1.98 bits per heavy atom. The molecule has 0 radical (unpaired) electrons. The molecule has 0 aliphatic carbocycles. The molecule has 9 atom stereocenters. The van der Waals surface area contributed by atoms with Gasteiger partial charge in [0.15, 0.2) is 0 Å². The highest BCUT2D eigenvalue weighted by atomic mass is 35.5. The fraction of sp³-hybridized carbons (Fsp3) is 0.706. The van der Waals surface area contributed by atoms with Gasteiger partial charge in [0, 0.05) is 87.3 Å². The first-order chi connectivity index (χ1) is 45.9. The summed E-state index contributed by atoms with van der Waals surface area (Å²) in [7, 11) is 8.19. The van der Waals surface area contributed by atoms with Crippen LogP contribution >= 0.6 is 11.6 Å². The van der Waals surface area contributed by atoms with Crippen LogP contribution < -0.4 is 16.0 Å². The number of hydrogen-bond donors (Lipinski definition) is 3. The second kappa shape index (κ2) is 36.2. The van der Waals surface area contributed by atoms with Crippen LogP contribution in [0.3, 0.4) is 0 Å². The fourth-order valence-electron chi connectivity index (χ4n) is 13.1. The highest BCUT2D eigenvalue weighted by molar-refractivity contribution is 6.31. The maximum Gasteiger partial charge on any atom is 0.417 e. The molecule has 0 aromatic heterocycles. The van der Waals surface area contributed by atoms with Crippen molar-refractivity contribution in [2.24, 2.45) is 17.8 Å². The van der Waals surface area contributed by atoms with Gasteiger partial charge in [0.05, 0.1) is 23.6 Å². The van der Waals surface area contributed by atoms with Crippen molar-refractivity contribution in [3.05, 3.63) is 46.1 Å². The van der Waals surface area contributed by atoms with E-state index in [0.717, 1.165) is 34.4 Å². The number of halogens is 6. The van der Waals surface area contributed by atoms with Crippen molar-refractivity contribution in [3.63, 3.8) is 0 Å². The number of nitrogens with one attached hydrogen (secondary N) is 3. The van der Waals surface area contributed by atoms with E-state index in [2.05, 4.69) is 16.0 Å². The lowest BCUT2D eigenvalue weighted by Gasteiger charge is -2.47. The molecule has 4 saturated heterocycles. The molecule has 0 bridgehead atoms. The molecule has 4 heterocycles. The zero-order valence-electron chi connectivity index (χ0n) is 59.0. The lowest BCUT2D eigenvalue weighted by Crippen LogP contribution is -2.67. The van der Waals surface area contributed by atoms with Gasteiger partial charge in [-0.15, -0.1) is 0 Å². The van der Waals surface area contributed by atoms with Crippen molar-refractivity contribution >= 4 is 82.9 Å².